The van der Waals surface area contributed by atoms with Gasteiger partial charge >= 0.3 is 0 Å². The van der Waals surface area contributed by atoms with E-state index in [4.69, 9.17) is 22.1 Å². The topological polar surface area (TPSA) is 83.2 Å². The first-order chi connectivity index (χ1) is 14.5. The zero-order chi connectivity index (χ0) is 21.3. The molecule has 0 bridgehead atoms. The van der Waals surface area contributed by atoms with Crippen LogP contribution in [0.2, 0.25) is 5.02 Å². The van der Waals surface area contributed by atoms with Gasteiger partial charge in [-0.05, 0) is 42.3 Å². The van der Waals surface area contributed by atoms with Gasteiger partial charge in [0.2, 0.25) is 0 Å². The van der Waals surface area contributed by atoms with E-state index in [0.717, 1.165) is 55.8 Å². The second kappa shape index (κ2) is 10.7. The van der Waals surface area contributed by atoms with Gasteiger partial charge in [0, 0.05) is 50.5 Å². The first-order valence-electron chi connectivity index (χ1n) is 10.0. The van der Waals surface area contributed by atoms with Crippen LogP contribution >= 0.6 is 11.6 Å². The number of aliphatic imine (C=N–C) groups is 1. The molecule has 2 aromatic rings. The van der Waals surface area contributed by atoms with Gasteiger partial charge in [-0.15, -0.1) is 0 Å². The van der Waals surface area contributed by atoms with Gasteiger partial charge in [0.1, 0.15) is 5.75 Å². The number of nitrogens with zero attached hydrogens (tertiary/aromatic N) is 3. The molecule has 0 aliphatic carbocycles. The molecule has 1 fully saturated rings. The minimum absolute atomic E-state index is 0.109. The minimum Gasteiger partial charge on any atom is -0.484 e. The van der Waals surface area contributed by atoms with E-state index in [2.05, 4.69) is 26.2 Å². The van der Waals surface area contributed by atoms with Crippen LogP contribution in [-0.2, 0) is 11.2 Å². The maximum absolute atomic E-state index is 10.8. The molecular weight excluding hydrogens is 402 g/mol. The molecule has 0 atom stereocenters. The third kappa shape index (κ3) is 6.29. The SMILES string of the molecule is CN=C(NCCc1ccc(OCC(N)=O)cc1)N1CCN(c2cccc(Cl)c2)CC1. The van der Waals surface area contributed by atoms with E-state index in [1.165, 1.54) is 5.56 Å². The fraction of sp³-hybridized carbons (Fsp3) is 0.364. The molecule has 0 radical (unpaired) electrons. The highest BCUT2D eigenvalue weighted by Crippen LogP contribution is 2.20. The summed E-state index contributed by atoms with van der Waals surface area (Å²) in [6, 6.07) is 15.7. The van der Waals surface area contributed by atoms with Crippen molar-refractivity contribution in [3.05, 3.63) is 59.1 Å². The number of nitrogens with one attached hydrogen (secondary N) is 1. The fourth-order valence-corrected chi connectivity index (χ4v) is 3.59. The Morgan fingerprint density at radius 3 is 2.53 bits per heavy atom. The van der Waals surface area contributed by atoms with E-state index in [9.17, 15) is 4.79 Å². The molecule has 1 aliphatic rings. The number of anilines is 1. The molecule has 0 unspecified atom stereocenters. The molecule has 0 spiro atoms. The largest absolute Gasteiger partial charge is 0.484 e. The first kappa shape index (κ1) is 21.8. The Morgan fingerprint density at radius 2 is 1.90 bits per heavy atom. The number of benzene rings is 2. The number of halogens is 1. The lowest BCUT2D eigenvalue weighted by molar-refractivity contribution is -0.119. The Hall–Kier alpha value is -2.93. The maximum atomic E-state index is 10.8. The number of primary amides is 1. The molecule has 7 nitrogen and oxygen atoms in total. The van der Waals surface area contributed by atoms with Gasteiger partial charge < -0.3 is 25.6 Å². The molecule has 3 N–H and O–H groups in total. The molecule has 1 saturated heterocycles. The summed E-state index contributed by atoms with van der Waals surface area (Å²) < 4.78 is 5.28. The maximum Gasteiger partial charge on any atom is 0.255 e. The lowest BCUT2D eigenvalue weighted by atomic mass is 10.1. The summed E-state index contributed by atoms with van der Waals surface area (Å²) in [4.78, 5) is 19.8. The van der Waals surface area contributed by atoms with Crippen LogP contribution in [0.4, 0.5) is 5.69 Å². The van der Waals surface area contributed by atoms with Crippen LogP contribution in [0.1, 0.15) is 5.56 Å². The van der Waals surface area contributed by atoms with Gasteiger partial charge in [-0.1, -0.05) is 29.8 Å². The monoisotopic (exact) mass is 429 g/mol. The van der Waals surface area contributed by atoms with Gasteiger partial charge in [-0.3, -0.25) is 9.79 Å². The summed E-state index contributed by atoms with van der Waals surface area (Å²) in [5, 5.41) is 4.21. The Kier molecular flexibility index (Phi) is 7.79. The second-order valence-corrected chi connectivity index (χ2v) is 7.51. The third-order valence-corrected chi connectivity index (χ3v) is 5.20. The van der Waals surface area contributed by atoms with Crippen molar-refractivity contribution in [3.8, 4) is 5.75 Å². The molecule has 1 aliphatic heterocycles. The Bertz CT molecular complexity index is 864. The molecule has 0 saturated carbocycles. The molecular formula is C22H28ClN5O2. The summed E-state index contributed by atoms with van der Waals surface area (Å²) in [5.74, 6) is 1.07. The van der Waals surface area contributed by atoms with E-state index < -0.39 is 5.91 Å². The average molecular weight is 430 g/mol. The molecule has 0 aromatic heterocycles. The lowest BCUT2D eigenvalue weighted by Gasteiger charge is -2.37. The second-order valence-electron chi connectivity index (χ2n) is 7.08. The van der Waals surface area contributed by atoms with Crippen LogP contribution in [0.25, 0.3) is 0 Å². The van der Waals surface area contributed by atoms with Crippen molar-refractivity contribution in [2.75, 3.05) is 51.3 Å². The number of piperazine rings is 1. The number of nitrogens with two attached hydrogens (primary N) is 1. The number of hydrogen-bond donors (Lipinski definition) is 2. The minimum atomic E-state index is -0.483. The van der Waals surface area contributed by atoms with E-state index in [-0.39, 0.29) is 6.61 Å². The van der Waals surface area contributed by atoms with Gasteiger partial charge in [0.05, 0.1) is 0 Å². The Labute approximate surface area is 182 Å². The standard InChI is InChI=1S/C22H28ClN5O2/c1-25-22(26-10-9-17-5-7-20(8-6-17)30-16-21(24)29)28-13-11-27(12-14-28)19-4-2-3-18(23)15-19/h2-8,15H,9-14,16H2,1H3,(H2,24,29)(H,25,26). The molecule has 1 heterocycles. The lowest BCUT2D eigenvalue weighted by Crippen LogP contribution is -2.52. The number of rotatable bonds is 7. The van der Waals surface area contributed by atoms with Crippen LogP contribution in [0.5, 0.6) is 5.75 Å². The van der Waals surface area contributed by atoms with Crippen LogP contribution in [0, 0.1) is 0 Å². The molecule has 160 valence electrons. The molecule has 2 aromatic carbocycles. The van der Waals surface area contributed by atoms with Crippen molar-refractivity contribution < 1.29 is 9.53 Å². The first-order valence-corrected chi connectivity index (χ1v) is 10.4. The fourth-order valence-electron chi connectivity index (χ4n) is 3.41. The highest BCUT2D eigenvalue weighted by Gasteiger charge is 2.19. The molecule has 3 rings (SSSR count). The Morgan fingerprint density at radius 1 is 1.17 bits per heavy atom. The number of guanidine groups is 1. The Balaban J connectivity index is 1.43. The normalized spacial score (nSPS) is 14.5. The molecule has 1 amide bonds. The van der Waals surface area contributed by atoms with Gasteiger partial charge in [-0.25, -0.2) is 0 Å². The summed E-state index contributed by atoms with van der Waals surface area (Å²) in [5.41, 5.74) is 7.42. The van der Waals surface area contributed by atoms with Crippen LogP contribution in [-0.4, -0.2) is 63.1 Å². The number of amides is 1. The quantitative estimate of drug-likeness (QED) is 0.520. The van der Waals surface area contributed by atoms with E-state index >= 15 is 0 Å². The van der Waals surface area contributed by atoms with Crippen molar-refractivity contribution in [2.45, 2.75) is 6.42 Å². The summed E-state index contributed by atoms with van der Waals surface area (Å²) in [6.07, 6.45) is 0.859. The van der Waals surface area contributed by atoms with Gasteiger partial charge in [0.15, 0.2) is 12.6 Å². The molecule has 8 heteroatoms. The number of carbonyl (C=O) groups is 1. The molecule has 30 heavy (non-hydrogen) atoms. The van der Waals surface area contributed by atoms with Crippen molar-refractivity contribution in [1.82, 2.24) is 10.2 Å². The predicted octanol–water partition coefficient (Wildman–Crippen LogP) is 2.14. The van der Waals surface area contributed by atoms with Crippen LogP contribution in [0.15, 0.2) is 53.5 Å². The summed E-state index contributed by atoms with van der Waals surface area (Å²) in [7, 11) is 1.82. The average Bonchev–Trinajstić information content (AvgIpc) is 2.76. The van der Waals surface area contributed by atoms with Gasteiger partial charge in [-0.2, -0.15) is 0 Å². The third-order valence-electron chi connectivity index (χ3n) is 4.97. The number of carbonyl (C=O) groups excluding carboxylic acids is 1. The van der Waals surface area contributed by atoms with E-state index in [1.807, 2.05) is 49.5 Å². The van der Waals surface area contributed by atoms with Crippen LogP contribution in [0.3, 0.4) is 0 Å². The van der Waals surface area contributed by atoms with Crippen molar-refractivity contribution in [3.63, 3.8) is 0 Å². The number of hydrogen-bond acceptors (Lipinski definition) is 4. The van der Waals surface area contributed by atoms with Crippen LogP contribution < -0.4 is 20.7 Å². The van der Waals surface area contributed by atoms with Gasteiger partial charge in [0.25, 0.3) is 5.91 Å². The zero-order valence-electron chi connectivity index (χ0n) is 17.2. The van der Waals surface area contributed by atoms with Crippen molar-refractivity contribution >= 4 is 29.2 Å². The van der Waals surface area contributed by atoms with Crippen molar-refractivity contribution in [1.29, 1.82) is 0 Å². The van der Waals surface area contributed by atoms with E-state index in [1.54, 1.807) is 0 Å². The number of ether oxygens (including phenoxy) is 1. The summed E-state index contributed by atoms with van der Waals surface area (Å²) in [6.45, 7) is 4.32. The predicted molar refractivity (Wildman–Crippen MR) is 121 cm³/mol. The zero-order valence-corrected chi connectivity index (χ0v) is 17.9. The highest BCUT2D eigenvalue weighted by atomic mass is 35.5. The van der Waals surface area contributed by atoms with E-state index in [0.29, 0.717) is 5.75 Å². The smallest absolute Gasteiger partial charge is 0.255 e. The highest BCUT2D eigenvalue weighted by molar-refractivity contribution is 6.30. The summed E-state index contributed by atoms with van der Waals surface area (Å²) >= 11 is 6.12. The van der Waals surface area contributed by atoms with Crippen molar-refractivity contribution in [2.24, 2.45) is 10.7 Å².